The van der Waals surface area contributed by atoms with Crippen LogP contribution in [0.5, 0.6) is 0 Å². The molecule has 7 heteroatoms. The number of benzene rings is 1. The number of nitrogens with zero attached hydrogens (tertiary/aromatic N) is 1. The minimum atomic E-state index is -0.640. The summed E-state index contributed by atoms with van der Waals surface area (Å²) in [6.07, 6.45) is 0. The average molecular weight is 289 g/mol. The number of methoxy groups -OCH3 is 1. The van der Waals surface area contributed by atoms with Crippen molar-refractivity contribution < 1.29 is 14.5 Å². The molecule has 0 saturated heterocycles. The number of esters is 1. The van der Waals surface area contributed by atoms with E-state index in [4.69, 9.17) is 5.73 Å². The molecular formula is C9H9BrN2O4. The molecule has 86 valence electrons. The molecule has 0 amide bonds. The molecule has 0 aliphatic carbocycles. The van der Waals surface area contributed by atoms with Crippen LogP contribution in [0.2, 0.25) is 0 Å². The lowest BCUT2D eigenvalue weighted by molar-refractivity contribution is -0.385. The maximum Gasteiger partial charge on any atom is 0.339 e. The lowest BCUT2D eigenvalue weighted by Crippen LogP contribution is -2.07. The van der Waals surface area contributed by atoms with Gasteiger partial charge in [0, 0.05) is 22.6 Å². The van der Waals surface area contributed by atoms with Gasteiger partial charge in [0.25, 0.3) is 5.69 Å². The molecule has 1 aromatic carbocycles. The Hall–Kier alpha value is -1.47. The third-order valence-corrected chi connectivity index (χ3v) is 2.65. The first kappa shape index (κ1) is 12.6. The second-order valence-corrected chi connectivity index (χ2v) is 3.77. The molecule has 6 nitrogen and oxygen atoms in total. The number of halogens is 1. The van der Waals surface area contributed by atoms with Gasteiger partial charge in [0.15, 0.2) is 0 Å². The summed E-state index contributed by atoms with van der Waals surface area (Å²) in [6.45, 7) is 0.0242. The molecule has 0 heterocycles. The minimum Gasteiger partial charge on any atom is -0.465 e. The fourth-order valence-electron chi connectivity index (χ4n) is 1.20. The summed E-state index contributed by atoms with van der Waals surface area (Å²) in [5, 5.41) is 10.7. The van der Waals surface area contributed by atoms with Crippen molar-refractivity contribution >= 4 is 27.6 Å². The first-order valence-electron chi connectivity index (χ1n) is 4.26. The third kappa shape index (κ3) is 2.37. The normalized spacial score (nSPS) is 9.94. The number of carbonyl (C=O) groups is 1. The molecule has 2 N–H and O–H groups in total. The Morgan fingerprint density at radius 3 is 2.69 bits per heavy atom. The predicted octanol–water partition coefficient (Wildman–Crippen LogP) is 1.60. The summed E-state index contributed by atoms with van der Waals surface area (Å²) in [5.74, 6) is -0.640. The van der Waals surface area contributed by atoms with Gasteiger partial charge < -0.3 is 10.5 Å². The van der Waals surface area contributed by atoms with E-state index in [9.17, 15) is 14.9 Å². The molecule has 0 aromatic heterocycles. The van der Waals surface area contributed by atoms with E-state index >= 15 is 0 Å². The van der Waals surface area contributed by atoms with E-state index in [1.807, 2.05) is 0 Å². The van der Waals surface area contributed by atoms with Crippen molar-refractivity contribution in [3.63, 3.8) is 0 Å². The van der Waals surface area contributed by atoms with Crippen LogP contribution in [0.3, 0.4) is 0 Å². The third-order valence-electron chi connectivity index (χ3n) is 1.99. The van der Waals surface area contributed by atoms with Crippen LogP contribution in [0.1, 0.15) is 15.9 Å². The van der Waals surface area contributed by atoms with E-state index in [1.54, 1.807) is 0 Å². The zero-order chi connectivity index (χ0) is 12.3. The Morgan fingerprint density at radius 2 is 2.25 bits per heavy atom. The molecule has 0 atom stereocenters. The lowest BCUT2D eigenvalue weighted by Gasteiger charge is -2.05. The quantitative estimate of drug-likeness (QED) is 0.518. The zero-order valence-electron chi connectivity index (χ0n) is 8.40. The van der Waals surface area contributed by atoms with Crippen LogP contribution in [0, 0.1) is 10.1 Å². The highest BCUT2D eigenvalue weighted by molar-refractivity contribution is 9.10. The fourth-order valence-corrected chi connectivity index (χ4v) is 1.76. The standard InChI is InChI=1S/C9H9BrN2O4/c1-16-9(13)6-3-8(12(14)15)5(4-11)2-7(6)10/h2-3H,4,11H2,1H3. The Balaban J connectivity index is 3.38. The summed E-state index contributed by atoms with van der Waals surface area (Å²) >= 11 is 3.13. The van der Waals surface area contributed by atoms with Crippen LogP contribution < -0.4 is 5.73 Å². The second-order valence-electron chi connectivity index (χ2n) is 2.91. The molecule has 0 aliphatic heterocycles. The van der Waals surface area contributed by atoms with Crippen LogP contribution in [0.15, 0.2) is 16.6 Å². The first-order valence-corrected chi connectivity index (χ1v) is 5.05. The minimum absolute atomic E-state index is 0.0242. The van der Waals surface area contributed by atoms with Gasteiger partial charge in [-0.15, -0.1) is 0 Å². The highest BCUT2D eigenvalue weighted by Gasteiger charge is 2.20. The van der Waals surface area contributed by atoms with Crippen LogP contribution in [0.4, 0.5) is 5.69 Å². The van der Waals surface area contributed by atoms with E-state index in [0.29, 0.717) is 10.0 Å². The summed E-state index contributed by atoms with van der Waals surface area (Å²) in [7, 11) is 1.21. The smallest absolute Gasteiger partial charge is 0.339 e. The van der Waals surface area contributed by atoms with Crippen LogP contribution in [-0.4, -0.2) is 18.0 Å². The Morgan fingerprint density at radius 1 is 1.62 bits per heavy atom. The van der Waals surface area contributed by atoms with E-state index in [2.05, 4.69) is 20.7 Å². The summed E-state index contributed by atoms with van der Waals surface area (Å²) in [4.78, 5) is 21.5. The molecule has 0 spiro atoms. The highest BCUT2D eigenvalue weighted by atomic mass is 79.9. The molecule has 0 unspecified atom stereocenters. The van der Waals surface area contributed by atoms with Crippen molar-refractivity contribution in [3.05, 3.63) is 37.8 Å². The van der Waals surface area contributed by atoms with Gasteiger partial charge in [0.2, 0.25) is 0 Å². The van der Waals surface area contributed by atoms with Crippen molar-refractivity contribution in [2.45, 2.75) is 6.54 Å². The largest absolute Gasteiger partial charge is 0.465 e. The van der Waals surface area contributed by atoms with Gasteiger partial charge in [-0.05, 0) is 22.0 Å². The highest BCUT2D eigenvalue weighted by Crippen LogP contribution is 2.27. The van der Waals surface area contributed by atoms with Gasteiger partial charge in [-0.2, -0.15) is 0 Å². The maximum atomic E-state index is 11.3. The van der Waals surface area contributed by atoms with Crippen molar-refractivity contribution in [2.24, 2.45) is 5.73 Å². The monoisotopic (exact) mass is 288 g/mol. The molecule has 0 bridgehead atoms. The topological polar surface area (TPSA) is 95.5 Å². The van der Waals surface area contributed by atoms with Gasteiger partial charge in [-0.25, -0.2) is 4.79 Å². The van der Waals surface area contributed by atoms with E-state index in [1.165, 1.54) is 13.2 Å². The summed E-state index contributed by atoms with van der Waals surface area (Å²) in [6, 6.07) is 2.60. The molecule has 0 fully saturated rings. The summed E-state index contributed by atoms with van der Waals surface area (Å²) < 4.78 is 4.92. The predicted molar refractivity (Wildman–Crippen MR) is 60.0 cm³/mol. The van der Waals surface area contributed by atoms with E-state index in [0.717, 1.165) is 6.07 Å². The van der Waals surface area contributed by atoms with Crippen LogP contribution in [0.25, 0.3) is 0 Å². The molecule has 0 aliphatic rings. The number of nitro benzene ring substituents is 1. The molecule has 1 rings (SSSR count). The SMILES string of the molecule is COC(=O)c1cc([N+](=O)[O-])c(CN)cc1Br. The van der Waals surface area contributed by atoms with Crippen LogP contribution in [-0.2, 0) is 11.3 Å². The van der Waals surface area contributed by atoms with Gasteiger partial charge in [0.1, 0.15) is 0 Å². The van der Waals surface area contributed by atoms with Crippen molar-refractivity contribution in [1.29, 1.82) is 0 Å². The van der Waals surface area contributed by atoms with Gasteiger partial charge in [-0.1, -0.05) is 0 Å². The number of carbonyl (C=O) groups excluding carboxylic acids is 1. The molecular weight excluding hydrogens is 280 g/mol. The van der Waals surface area contributed by atoms with Gasteiger partial charge in [0.05, 0.1) is 17.6 Å². The number of nitro groups is 1. The number of hydrogen-bond donors (Lipinski definition) is 1. The molecule has 0 radical (unpaired) electrons. The second kappa shape index (κ2) is 5.04. The molecule has 16 heavy (non-hydrogen) atoms. The molecule has 0 saturated carbocycles. The van der Waals surface area contributed by atoms with E-state index < -0.39 is 10.9 Å². The number of nitrogens with two attached hydrogens (primary N) is 1. The lowest BCUT2D eigenvalue weighted by atomic mass is 10.1. The van der Waals surface area contributed by atoms with Crippen molar-refractivity contribution in [3.8, 4) is 0 Å². The Bertz CT molecular complexity index is 447. The molecule has 1 aromatic rings. The van der Waals surface area contributed by atoms with E-state index in [-0.39, 0.29) is 17.8 Å². The van der Waals surface area contributed by atoms with Crippen LogP contribution >= 0.6 is 15.9 Å². The number of rotatable bonds is 3. The summed E-state index contributed by atoms with van der Waals surface area (Å²) in [5.41, 5.74) is 5.64. The van der Waals surface area contributed by atoms with Crippen molar-refractivity contribution in [2.75, 3.05) is 7.11 Å². The fraction of sp³-hybridized carbons (Fsp3) is 0.222. The van der Waals surface area contributed by atoms with Gasteiger partial charge >= 0.3 is 5.97 Å². The Labute approximate surface area is 99.7 Å². The van der Waals surface area contributed by atoms with Crippen molar-refractivity contribution in [1.82, 2.24) is 0 Å². The Kier molecular flexibility index (Phi) is 3.97. The average Bonchev–Trinajstić information content (AvgIpc) is 2.27. The maximum absolute atomic E-state index is 11.3. The van der Waals surface area contributed by atoms with Gasteiger partial charge in [-0.3, -0.25) is 10.1 Å². The number of hydrogen-bond acceptors (Lipinski definition) is 5. The zero-order valence-corrected chi connectivity index (χ0v) is 9.98. The number of ether oxygens (including phenoxy) is 1. The first-order chi connectivity index (χ1) is 7.51.